The van der Waals surface area contributed by atoms with Crippen molar-refractivity contribution in [3.63, 3.8) is 0 Å². The fraction of sp³-hybridized carbons (Fsp3) is 0.200. The van der Waals surface area contributed by atoms with Crippen LogP contribution in [-0.2, 0) is 16.6 Å². The van der Waals surface area contributed by atoms with Gasteiger partial charge in [0.25, 0.3) is 0 Å². The van der Waals surface area contributed by atoms with E-state index in [0.717, 1.165) is 23.1 Å². The number of aliphatic hydroxyl groups excluding tert-OH is 1. The molecule has 3 rings (SSSR count). The van der Waals surface area contributed by atoms with Crippen LogP contribution in [0.4, 0.5) is 13.2 Å². The fourth-order valence-electron chi connectivity index (χ4n) is 2.23. The van der Waals surface area contributed by atoms with Crippen LogP contribution in [-0.4, -0.2) is 51.9 Å². The predicted octanol–water partition coefficient (Wildman–Crippen LogP) is 0.471. The minimum Gasteiger partial charge on any atom is -0.395 e. The van der Waals surface area contributed by atoms with Crippen LogP contribution in [0.3, 0.4) is 0 Å². The Morgan fingerprint density at radius 3 is 2.57 bits per heavy atom. The van der Waals surface area contributed by atoms with Crippen LogP contribution in [0.5, 0.6) is 0 Å². The van der Waals surface area contributed by atoms with Gasteiger partial charge in [-0.15, -0.1) is 10.2 Å². The lowest BCUT2D eigenvalue weighted by molar-refractivity contribution is 0.301. The van der Waals surface area contributed by atoms with E-state index in [1.165, 1.54) is 12.1 Å². The van der Waals surface area contributed by atoms with E-state index in [-0.39, 0.29) is 18.9 Å². The first-order chi connectivity index (χ1) is 13.3. The van der Waals surface area contributed by atoms with E-state index < -0.39 is 44.5 Å². The molecular formula is C15H13F3N6O3S. The lowest BCUT2D eigenvalue weighted by atomic mass is 10.2. The second-order valence-electron chi connectivity index (χ2n) is 5.47. The van der Waals surface area contributed by atoms with Crippen molar-refractivity contribution in [2.24, 2.45) is 0 Å². The number of halogens is 3. The molecule has 0 saturated carbocycles. The zero-order valence-corrected chi connectivity index (χ0v) is 14.9. The first-order valence-corrected chi connectivity index (χ1v) is 9.27. The fourth-order valence-corrected chi connectivity index (χ4v) is 3.32. The zero-order valence-electron chi connectivity index (χ0n) is 14.0. The summed E-state index contributed by atoms with van der Waals surface area (Å²) in [6.07, 6.45) is 1.01. The predicted molar refractivity (Wildman–Crippen MR) is 88.7 cm³/mol. The van der Waals surface area contributed by atoms with Crippen molar-refractivity contribution in [1.82, 2.24) is 29.9 Å². The average Bonchev–Trinajstić information content (AvgIpc) is 3.12. The molecule has 2 aromatic heterocycles. The van der Waals surface area contributed by atoms with E-state index in [1.807, 2.05) is 4.72 Å². The quantitative estimate of drug-likeness (QED) is 0.576. The Morgan fingerprint density at radius 1 is 1.11 bits per heavy atom. The number of aromatic nitrogens is 5. The smallest absolute Gasteiger partial charge is 0.243 e. The molecule has 148 valence electrons. The maximum atomic E-state index is 14.4. The number of aliphatic hydroxyl groups is 1. The largest absolute Gasteiger partial charge is 0.395 e. The van der Waals surface area contributed by atoms with Crippen molar-refractivity contribution in [1.29, 1.82) is 0 Å². The van der Waals surface area contributed by atoms with Crippen LogP contribution in [0.15, 0.2) is 35.4 Å². The molecule has 13 heteroatoms. The van der Waals surface area contributed by atoms with Crippen molar-refractivity contribution in [2.45, 2.75) is 11.4 Å². The van der Waals surface area contributed by atoms with Crippen LogP contribution >= 0.6 is 0 Å². The number of nitrogens with one attached hydrogen (secondary N) is 1. The van der Waals surface area contributed by atoms with Gasteiger partial charge in [0.1, 0.15) is 17.3 Å². The Morgan fingerprint density at radius 2 is 1.89 bits per heavy atom. The van der Waals surface area contributed by atoms with Crippen molar-refractivity contribution in [2.75, 3.05) is 13.2 Å². The molecule has 9 nitrogen and oxygen atoms in total. The highest BCUT2D eigenvalue weighted by atomic mass is 32.2. The molecule has 28 heavy (non-hydrogen) atoms. The molecule has 0 atom stereocenters. The standard InChI is InChI=1S/C15H13F3N6O3S/c16-9-1-2-10(19-7-9)8-24-22-15(21-23-24)11-3-4-12(14(18)13(11)17)28(26,27)20-5-6-25/h1-4,7,20,25H,5-6,8H2. The summed E-state index contributed by atoms with van der Waals surface area (Å²) < 4.78 is 67.3. The minimum atomic E-state index is -4.34. The third kappa shape index (κ3) is 4.16. The number of benzene rings is 1. The number of nitrogens with zero attached hydrogens (tertiary/aromatic N) is 5. The lowest BCUT2D eigenvalue weighted by Gasteiger charge is -2.08. The van der Waals surface area contributed by atoms with Crippen molar-refractivity contribution >= 4 is 10.0 Å². The van der Waals surface area contributed by atoms with Gasteiger partial charge in [-0.25, -0.2) is 26.3 Å². The van der Waals surface area contributed by atoms with Crippen LogP contribution in [0.25, 0.3) is 11.4 Å². The highest BCUT2D eigenvalue weighted by molar-refractivity contribution is 7.89. The van der Waals surface area contributed by atoms with E-state index in [1.54, 1.807) is 0 Å². The molecule has 0 amide bonds. The molecule has 0 saturated heterocycles. The number of hydrogen-bond acceptors (Lipinski definition) is 7. The topological polar surface area (TPSA) is 123 Å². The Kier molecular flexibility index (Phi) is 5.67. The van der Waals surface area contributed by atoms with Gasteiger partial charge in [0.05, 0.1) is 24.1 Å². The molecule has 0 spiro atoms. The van der Waals surface area contributed by atoms with E-state index in [2.05, 4.69) is 20.4 Å². The van der Waals surface area contributed by atoms with Crippen LogP contribution in [0.1, 0.15) is 5.69 Å². The molecule has 0 radical (unpaired) electrons. The summed E-state index contributed by atoms with van der Waals surface area (Å²) in [5.74, 6) is -3.87. The van der Waals surface area contributed by atoms with Gasteiger partial charge in [-0.05, 0) is 29.5 Å². The van der Waals surface area contributed by atoms with Gasteiger partial charge in [0, 0.05) is 6.54 Å². The Balaban J connectivity index is 1.87. The zero-order chi connectivity index (χ0) is 20.3. The van der Waals surface area contributed by atoms with Crippen LogP contribution in [0, 0.1) is 17.5 Å². The van der Waals surface area contributed by atoms with E-state index in [0.29, 0.717) is 5.69 Å². The van der Waals surface area contributed by atoms with Crippen molar-refractivity contribution in [3.05, 3.63) is 53.6 Å². The Bertz CT molecular complexity index is 1090. The molecule has 2 heterocycles. The SMILES string of the molecule is O=S(=O)(NCCO)c1ccc(-c2nnn(Cc3ccc(F)cn3)n2)c(F)c1F. The Hall–Kier alpha value is -2.90. The molecular weight excluding hydrogens is 401 g/mol. The second kappa shape index (κ2) is 8.00. The summed E-state index contributed by atoms with van der Waals surface area (Å²) in [7, 11) is -4.34. The average molecular weight is 414 g/mol. The summed E-state index contributed by atoms with van der Waals surface area (Å²) in [5, 5.41) is 19.9. The first-order valence-electron chi connectivity index (χ1n) is 7.79. The summed E-state index contributed by atoms with van der Waals surface area (Å²) in [6, 6.07) is 4.45. The van der Waals surface area contributed by atoms with E-state index >= 15 is 0 Å². The Labute approximate surface area is 156 Å². The van der Waals surface area contributed by atoms with Gasteiger partial charge in [-0.3, -0.25) is 4.98 Å². The molecule has 0 fully saturated rings. The summed E-state index contributed by atoms with van der Waals surface area (Å²) in [5.41, 5.74) is 0.0188. The third-order valence-electron chi connectivity index (χ3n) is 3.53. The summed E-state index contributed by atoms with van der Waals surface area (Å²) in [4.78, 5) is 3.95. The van der Waals surface area contributed by atoms with E-state index in [4.69, 9.17) is 5.11 Å². The molecule has 0 unspecified atom stereocenters. The number of pyridine rings is 1. The second-order valence-corrected chi connectivity index (χ2v) is 7.21. The monoisotopic (exact) mass is 414 g/mol. The molecule has 2 N–H and O–H groups in total. The molecule has 3 aromatic rings. The summed E-state index contributed by atoms with van der Waals surface area (Å²) >= 11 is 0. The third-order valence-corrected chi connectivity index (χ3v) is 5.00. The first kappa shape index (κ1) is 19.9. The maximum Gasteiger partial charge on any atom is 0.243 e. The minimum absolute atomic E-state index is 0.00885. The van der Waals surface area contributed by atoms with Crippen molar-refractivity contribution in [3.8, 4) is 11.4 Å². The number of rotatable bonds is 7. The normalized spacial score (nSPS) is 11.7. The van der Waals surface area contributed by atoms with E-state index in [9.17, 15) is 21.6 Å². The van der Waals surface area contributed by atoms with Crippen molar-refractivity contribution < 1.29 is 26.7 Å². The van der Waals surface area contributed by atoms with Crippen LogP contribution in [0.2, 0.25) is 0 Å². The molecule has 0 bridgehead atoms. The summed E-state index contributed by atoms with van der Waals surface area (Å²) in [6.45, 7) is -0.843. The van der Waals surface area contributed by atoms with Crippen LogP contribution < -0.4 is 4.72 Å². The van der Waals surface area contributed by atoms with Gasteiger partial charge >= 0.3 is 0 Å². The highest BCUT2D eigenvalue weighted by Crippen LogP contribution is 2.25. The maximum absolute atomic E-state index is 14.4. The number of tetrazole rings is 1. The highest BCUT2D eigenvalue weighted by Gasteiger charge is 2.25. The van der Waals surface area contributed by atoms with Gasteiger partial charge in [0.2, 0.25) is 15.8 Å². The molecule has 0 aliphatic carbocycles. The van der Waals surface area contributed by atoms with Gasteiger partial charge < -0.3 is 5.11 Å². The molecule has 1 aromatic carbocycles. The lowest BCUT2D eigenvalue weighted by Crippen LogP contribution is -2.27. The number of hydrogen-bond donors (Lipinski definition) is 2. The van der Waals surface area contributed by atoms with Gasteiger partial charge in [0.15, 0.2) is 11.6 Å². The molecule has 0 aliphatic rings. The van der Waals surface area contributed by atoms with Gasteiger partial charge in [-0.2, -0.15) is 4.80 Å². The molecule has 0 aliphatic heterocycles. The number of sulfonamides is 1. The van der Waals surface area contributed by atoms with Gasteiger partial charge in [-0.1, -0.05) is 0 Å².